The van der Waals surface area contributed by atoms with Crippen LogP contribution in [0.25, 0.3) is 0 Å². The van der Waals surface area contributed by atoms with Gasteiger partial charge in [-0.05, 0) is 36.6 Å². The van der Waals surface area contributed by atoms with Crippen LogP contribution in [0.3, 0.4) is 0 Å². The number of hydrogen-bond donors (Lipinski definition) is 2. The molecular weight excluding hydrogens is 347 g/mol. The smallest absolute Gasteiger partial charge is 0.304 e. The Morgan fingerprint density at radius 3 is 2.41 bits per heavy atom. The molecule has 126 valence electrons. The van der Waals surface area contributed by atoms with Crippen LogP contribution in [0.2, 0.25) is 0 Å². The quantitative estimate of drug-likeness (QED) is 0.657. The largest absolute Gasteiger partial charge is 0.481 e. The number of aliphatic carboxylic acids is 1. The van der Waals surface area contributed by atoms with Crippen molar-refractivity contribution in [3.8, 4) is 0 Å². The van der Waals surface area contributed by atoms with E-state index in [4.69, 9.17) is 34.0 Å². The van der Waals surface area contributed by atoms with Crippen LogP contribution >= 0.6 is 35.6 Å². The molecule has 0 radical (unpaired) electrons. The topological polar surface area (TPSA) is 66.6 Å². The van der Waals surface area contributed by atoms with Crippen LogP contribution in [0, 0.1) is 6.92 Å². The van der Waals surface area contributed by atoms with E-state index in [1.807, 2.05) is 19.1 Å². The average Bonchev–Trinajstić information content (AvgIpc) is 2.40. The number of benzene rings is 1. The van der Waals surface area contributed by atoms with Crippen molar-refractivity contribution in [1.29, 1.82) is 0 Å². The summed E-state index contributed by atoms with van der Waals surface area (Å²) in [6.45, 7) is 3.44. The Balaban J connectivity index is 0.00000441. The number of hydrogen-bond acceptors (Lipinski definition) is 3. The van der Waals surface area contributed by atoms with Crippen LogP contribution in [0.5, 0.6) is 0 Å². The average molecular weight is 370 g/mol. The summed E-state index contributed by atoms with van der Waals surface area (Å²) in [6, 6.07) is 5.72. The van der Waals surface area contributed by atoms with Gasteiger partial charge in [-0.25, -0.2) is 0 Å². The van der Waals surface area contributed by atoms with Gasteiger partial charge in [0.15, 0.2) is 0 Å². The standard InChI is InChI=1S/C15H22Cl2N2O2.ClH/c1-11-2-3-14(19(6-4-16)7-5-17)9-12(11)8-13(18)10-15(20)21;/h2-3,9,13H,4-8,10,18H2,1H3,(H,20,21);1H/t13-;/m0./s1. The molecule has 0 fully saturated rings. The summed E-state index contributed by atoms with van der Waals surface area (Å²) in [4.78, 5) is 12.8. The van der Waals surface area contributed by atoms with Crippen LogP contribution < -0.4 is 10.6 Å². The van der Waals surface area contributed by atoms with E-state index in [1.165, 1.54) is 0 Å². The van der Waals surface area contributed by atoms with Crippen LogP contribution in [0.1, 0.15) is 17.5 Å². The van der Waals surface area contributed by atoms with E-state index in [2.05, 4.69) is 11.0 Å². The number of alkyl halides is 2. The molecule has 1 aromatic carbocycles. The van der Waals surface area contributed by atoms with Gasteiger partial charge in [0, 0.05) is 36.6 Å². The highest BCUT2D eigenvalue weighted by atomic mass is 35.5. The molecule has 0 heterocycles. The zero-order valence-corrected chi connectivity index (χ0v) is 14.9. The first-order valence-corrected chi connectivity index (χ1v) is 7.98. The SMILES string of the molecule is Cc1ccc(N(CCCl)CCCl)cc1C[C@H](N)CC(=O)O.Cl. The summed E-state index contributed by atoms with van der Waals surface area (Å²) in [5.41, 5.74) is 9.10. The third-order valence-corrected chi connectivity index (χ3v) is 3.66. The normalized spacial score (nSPS) is 11.6. The van der Waals surface area contributed by atoms with E-state index in [-0.39, 0.29) is 24.9 Å². The van der Waals surface area contributed by atoms with Gasteiger partial charge in [-0.3, -0.25) is 4.79 Å². The highest BCUT2D eigenvalue weighted by molar-refractivity contribution is 6.18. The molecule has 0 spiro atoms. The molecule has 0 saturated carbocycles. The summed E-state index contributed by atoms with van der Waals surface area (Å²) in [5, 5.41) is 8.80. The zero-order valence-electron chi connectivity index (χ0n) is 12.6. The number of anilines is 1. The van der Waals surface area contributed by atoms with Crippen molar-refractivity contribution in [2.75, 3.05) is 29.7 Å². The molecule has 0 saturated heterocycles. The maximum atomic E-state index is 10.7. The number of aryl methyl sites for hydroxylation is 1. The van der Waals surface area contributed by atoms with Crippen molar-refractivity contribution >= 4 is 47.3 Å². The van der Waals surface area contributed by atoms with Crippen LogP contribution in [-0.2, 0) is 11.2 Å². The zero-order chi connectivity index (χ0) is 15.8. The Hall–Kier alpha value is -0.680. The Kier molecular flexibility index (Phi) is 10.6. The third kappa shape index (κ3) is 7.05. The number of nitrogens with two attached hydrogens (primary N) is 1. The Labute approximate surface area is 148 Å². The van der Waals surface area contributed by atoms with Gasteiger partial charge in [0.25, 0.3) is 0 Å². The lowest BCUT2D eigenvalue weighted by Crippen LogP contribution is -2.29. The lowest BCUT2D eigenvalue weighted by Gasteiger charge is -2.24. The van der Waals surface area contributed by atoms with Gasteiger partial charge in [-0.2, -0.15) is 0 Å². The fraction of sp³-hybridized carbons (Fsp3) is 0.533. The van der Waals surface area contributed by atoms with Gasteiger partial charge in [0.05, 0.1) is 6.42 Å². The predicted octanol–water partition coefficient (Wildman–Crippen LogP) is 3.05. The molecule has 0 aliphatic rings. The molecule has 0 aliphatic heterocycles. The van der Waals surface area contributed by atoms with Gasteiger partial charge in [0.1, 0.15) is 0 Å². The summed E-state index contributed by atoms with van der Waals surface area (Å²) in [6.07, 6.45) is 0.512. The Morgan fingerprint density at radius 1 is 1.32 bits per heavy atom. The Bertz CT molecular complexity index is 466. The molecule has 4 nitrogen and oxygen atoms in total. The number of carboxylic acids is 1. The Morgan fingerprint density at radius 2 is 1.91 bits per heavy atom. The van der Waals surface area contributed by atoms with Crippen LogP contribution in [0.4, 0.5) is 5.69 Å². The fourth-order valence-corrected chi connectivity index (χ4v) is 2.64. The number of rotatable bonds is 9. The molecule has 0 bridgehead atoms. The number of carbonyl (C=O) groups is 1. The van der Waals surface area contributed by atoms with E-state index in [0.717, 1.165) is 29.9 Å². The molecule has 7 heteroatoms. The van der Waals surface area contributed by atoms with E-state index >= 15 is 0 Å². The molecule has 1 rings (SSSR count). The highest BCUT2D eigenvalue weighted by Gasteiger charge is 2.13. The van der Waals surface area contributed by atoms with Crippen molar-refractivity contribution < 1.29 is 9.90 Å². The lowest BCUT2D eigenvalue weighted by molar-refractivity contribution is -0.137. The minimum absolute atomic E-state index is 0. The second-order valence-electron chi connectivity index (χ2n) is 5.04. The van der Waals surface area contributed by atoms with Crippen LogP contribution in [0.15, 0.2) is 18.2 Å². The highest BCUT2D eigenvalue weighted by Crippen LogP contribution is 2.21. The first-order valence-electron chi connectivity index (χ1n) is 6.91. The van der Waals surface area contributed by atoms with Gasteiger partial charge < -0.3 is 15.7 Å². The maximum Gasteiger partial charge on any atom is 0.304 e. The molecular formula is C15H23Cl3N2O2. The summed E-state index contributed by atoms with van der Waals surface area (Å²) < 4.78 is 0. The summed E-state index contributed by atoms with van der Waals surface area (Å²) >= 11 is 11.6. The van der Waals surface area contributed by atoms with E-state index < -0.39 is 5.97 Å². The second-order valence-corrected chi connectivity index (χ2v) is 5.79. The van der Waals surface area contributed by atoms with Crippen molar-refractivity contribution in [2.24, 2.45) is 5.73 Å². The lowest BCUT2D eigenvalue weighted by atomic mass is 9.99. The summed E-state index contributed by atoms with van der Waals surface area (Å²) in [5.74, 6) is 0.180. The van der Waals surface area contributed by atoms with Gasteiger partial charge >= 0.3 is 5.97 Å². The van der Waals surface area contributed by atoms with Gasteiger partial charge in [-0.1, -0.05) is 6.07 Å². The monoisotopic (exact) mass is 368 g/mol. The molecule has 0 unspecified atom stereocenters. The summed E-state index contributed by atoms with van der Waals surface area (Å²) in [7, 11) is 0. The fourth-order valence-electron chi connectivity index (χ4n) is 2.23. The third-order valence-electron chi connectivity index (χ3n) is 3.33. The number of halogens is 3. The van der Waals surface area contributed by atoms with E-state index in [0.29, 0.717) is 18.2 Å². The molecule has 0 amide bonds. The molecule has 1 atom stereocenters. The van der Waals surface area contributed by atoms with E-state index in [9.17, 15) is 4.79 Å². The van der Waals surface area contributed by atoms with Crippen molar-refractivity contribution in [2.45, 2.75) is 25.8 Å². The maximum absolute atomic E-state index is 10.7. The van der Waals surface area contributed by atoms with E-state index in [1.54, 1.807) is 0 Å². The molecule has 0 aliphatic carbocycles. The first-order chi connectivity index (χ1) is 9.97. The molecule has 1 aromatic rings. The molecule has 22 heavy (non-hydrogen) atoms. The number of carboxylic acid groups (broad SMARTS) is 1. The molecule has 0 aromatic heterocycles. The minimum Gasteiger partial charge on any atom is -0.481 e. The van der Waals surface area contributed by atoms with Gasteiger partial charge in [0.2, 0.25) is 0 Å². The van der Waals surface area contributed by atoms with Crippen molar-refractivity contribution in [3.63, 3.8) is 0 Å². The van der Waals surface area contributed by atoms with Crippen molar-refractivity contribution in [1.82, 2.24) is 0 Å². The molecule has 3 N–H and O–H groups in total. The first kappa shape index (κ1) is 21.3. The predicted molar refractivity (Wildman–Crippen MR) is 96.0 cm³/mol. The van der Waals surface area contributed by atoms with Crippen molar-refractivity contribution in [3.05, 3.63) is 29.3 Å². The van der Waals surface area contributed by atoms with Gasteiger partial charge in [-0.15, -0.1) is 35.6 Å². The second kappa shape index (κ2) is 10.9. The minimum atomic E-state index is -0.873. The van der Waals surface area contributed by atoms with Crippen LogP contribution in [-0.4, -0.2) is 42.0 Å². The number of nitrogens with zero attached hydrogens (tertiary/aromatic N) is 1.